The summed E-state index contributed by atoms with van der Waals surface area (Å²) in [7, 11) is 2.12. The van der Waals surface area contributed by atoms with Crippen molar-refractivity contribution in [2.45, 2.75) is 45.1 Å². The van der Waals surface area contributed by atoms with Gasteiger partial charge in [-0.1, -0.05) is 134 Å². The molecule has 2 atom stereocenters. The molecule has 0 spiro atoms. The van der Waals surface area contributed by atoms with E-state index in [4.69, 9.17) is 4.99 Å². The predicted molar refractivity (Wildman–Crippen MR) is 209 cm³/mol. The van der Waals surface area contributed by atoms with Gasteiger partial charge in [0, 0.05) is 41.6 Å². The Morgan fingerprint density at radius 1 is 0.875 bits per heavy atom. The molecule has 0 radical (unpaired) electrons. The number of anilines is 3. The number of nitrogens with one attached hydrogen (secondary N) is 1. The third kappa shape index (κ3) is 6.82. The molecular weight excluding hydrogens is 583 g/mol. The summed E-state index contributed by atoms with van der Waals surface area (Å²) in [6, 6.07) is 38.8. The van der Waals surface area contributed by atoms with Crippen molar-refractivity contribution < 1.29 is 0 Å². The quantitative estimate of drug-likeness (QED) is 0.139. The van der Waals surface area contributed by atoms with Gasteiger partial charge in [-0.2, -0.15) is 0 Å². The fourth-order valence-corrected chi connectivity index (χ4v) is 6.94. The Morgan fingerprint density at radius 3 is 2.42 bits per heavy atom. The number of aryl methyl sites for hydroxylation is 1. The summed E-state index contributed by atoms with van der Waals surface area (Å²) >= 11 is 0. The zero-order chi connectivity index (χ0) is 33.6. The average Bonchev–Trinajstić information content (AvgIpc) is 3.11. The van der Waals surface area contributed by atoms with Crippen LogP contribution in [-0.2, 0) is 0 Å². The molecule has 0 fully saturated rings. The summed E-state index contributed by atoms with van der Waals surface area (Å²) in [5, 5.41) is 6.25. The van der Waals surface area contributed by atoms with Crippen LogP contribution in [0.2, 0.25) is 0 Å². The number of nitrogens with zero attached hydrogens (tertiary/aromatic N) is 2. The van der Waals surface area contributed by atoms with Crippen LogP contribution in [0, 0.1) is 6.92 Å². The molecule has 1 aliphatic heterocycles. The molecule has 1 heterocycles. The van der Waals surface area contributed by atoms with Crippen LogP contribution in [0.3, 0.4) is 0 Å². The predicted octanol–water partition coefficient (Wildman–Crippen LogP) is 12.0. The SMILES string of the molecule is C=CC1=NC(CC(=C)N(C)c2ccccc2Nc2c(-c3ccccc3)ccc3ccccc23)C(CCC(=C)/C=C\C)c2ccc(C)cc21. The van der Waals surface area contributed by atoms with Crippen LogP contribution in [0.15, 0.2) is 163 Å². The first-order valence-corrected chi connectivity index (χ1v) is 16.8. The lowest BCUT2D eigenvalue weighted by Crippen LogP contribution is -2.29. The highest BCUT2D eigenvalue weighted by Crippen LogP contribution is 2.42. The van der Waals surface area contributed by atoms with Crippen molar-refractivity contribution in [3.63, 3.8) is 0 Å². The molecule has 1 N–H and O–H groups in total. The summed E-state index contributed by atoms with van der Waals surface area (Å²) in [5.74, 6) is 0.244. The van der Waals surface area contributed by atoms with Crippen LogP contribution in [0.1, 0.15) is 48.8 Å². The van der Waals surface area contributed by atoms with E-state index in [-0.39, 0.29) is 12.0 Å². The van der Waals surface area contributed by atoms with Gasteiger partial charge < -0.3 is 10.2 Å². The number of benzene rings is 5. The smallest absolute Gasteiger partial charge is 0.0647 e. The third-order valence-corrected chi connectivity index (χ3v) is 9.48. The molecule has 3 nitrogen and oxygen atoms in total. The van der Waals surface area contributed by atoms with E-state index in [9.17, 15) is 0 Å². The van der Waals surface area contributed by atoms with E-state index < -0.39 is 0 Å². The molecular formula is C45H45N3. The Balaban J connectivity index is 1.33. The molecule has 0 saturated heterocycles. The third-order valence-electron chi connectivity index (χ3n) is 9.48. The van der Waals surface area contributed by atoms with Gasteiger partial charge in [-0.3, -0.25) is 4.99 Å². The van der Waals surface area contributed by atoms with E-state index in [2.05, 4.69) is 165 Å². The van der Waals surface area contributed by atoms with Crippen molar-refractivity contribution in [3.8, 4) is 11.1 Å². The van der Waals surface area contributed by atoms with Gasteiger partial charge in [0.05, 0.1) is 28.8 Å². The van der Waals surface area contributed by atoms with Crippen molar-refractivity contribution >= 4 is 33.5 Å². The Bertz CT molecular complexity index is 2030. The molecule has 5 aromatic rings. The molecule has 5 aromatic carbocycles. The Morgan fingerprint density at radius 2 is 1.62 bits per heavy atom. The Hall–Kier alpha value is -5.41. The molecule has 3 heteroatoms. The molecule has 240 valence electrons. The lowest BCUT2D eigenvalue weighted by molar-refractivity contribution is 0.490. The standard InChI is InChI=1S/C45H45N3/c1-7-16-31(3)23-27-39-38-26-24-32(4)29-40(38)41(8-2)46-43(39)30-33(5)48(6)44-22-15-14-21-42(44)47-45-36-20-13-12-19-35(36)25-28-37(45)34-17-10-9-11-18-34/h7-22,24-26,28-29,39,43,47H,2-3,5,23,27,30H2,1,4,6H3/b16-7-. The maximum Gasteiger partial charge on any atom is 0.0647 e. The minimum absolute atomic E-state index is 0.0319. The van der Waals surface area contributed by atoms with E-state index in [1.807, 2.05) is 13.0 Å². The number of allylic oxidation sites excluding steroid dienone is 4. The first-order chi connectivity index (χ1) is 23.4. The van der Waals surface area contributed by atoms with Gasteiger partial charge in [0.1, 0.15) is 0 Å². The number of rotatable bonds is 12. The van der Waals surface area contributed by atoms with Crippen LogP contribution >= 0.6 is 0 Å². The molecule has 0 saturated carbocycles. The first-order valence-electron chi connectivity index (χ1n) is 16.8. The van der Waals surface area contributed by atoms with E-state index in [1.165, 1.54) is 33.0 Å². The van der Waals surface area contributed by atoms with Crippen LogP contribution in [0.25, 0.3) is 21.9 Å². The summed E-state index contributed by atoms with van der Waals surface area (Å²) in [4.78, 5) is 7.54. The zero-order valence-electron chi connectivity index (χ0n) is 28.4. The second kappa shape index (κ2) is 14.6. The largest absolute Gasteiger partial charge is 0.353 e. The highest BCUT2D eigenvalue weighted by atomic mass is 15.1. The van der Waals surface area contributed by atoms with Crippen LogP contribution in [-0.4, -0.2) is 18.8 Å². The molecule has 0 bridgehead atoms. The highest BCUT2D eigenvalue weighted by Gasteiger charge is 2.31. The Labute approximate surface area is 286 Å². The highest BCUT2D eigenvalue weighted by molar-refractivity contribution is 6.10. The molecule has 1 aliphatic rings. The van der Waals surface area contributed by atoms with Crippen LogP contribution in [0.4, 0.5) is 17.1 Å². The van der Waals surface area contributed by atoms with E-state index >= 15 is 0 Å². The summed E-state index contributed by atoms with van der Waals surface area (Å²) in [5.41, 5.74) is 12.4. The topological polar surface area (TPSA) is 27.6 Å². The minimum atomic E-state index is 0.0319. The fourth-order valence-electron chi connectivity index (χ4n) is 6.94. The maximum atomic E-state index is 5.32. The van der Waals surface area contributed by atoms with Crippen molar-refractivity contribution in [3.05, 3.63) is 175 Å². The van der Waals surface area contributed by atoms with E-state index in [0.717, 1.165) is 58.9 Å². The second-order valence-corrected chi connectivity index (χ2v) is 12.7. The number of hydrogen-bond acceptors (Lipinski definition) is 3. The van der Waals surface area contributed by atoms with Gasteiger partial charge in [0.15, 0.2) is 0 Å². The van der Waals surface area contributed by atoms with Gasteiger partial charge in [-0.25, -0.2) is 0 Å². The monoisotopic (exact) mass is 627 g/mol. The second-order valence-electron chi connectivity index (χ2n) is 12.7. The first kappa shape index (κ1) is 32.5. The lowest BCUT2D eigenvalue weighted by Gasteiger charge is -2.34. The summed E-state index contributed by atoms with van der Waals surface area (Å²) in [6.45, 7) is 17.3. The normalized spacial score (nSPS) is 15.5. The molecule has 0 aromatic heterocycles. The van der Waals surface area contributed by atoms with Gasteiger partial charge in [0.2, 0.25) is 0 Å². The number of fused-ring (bicyclic) bond motifs is 2. The maximum absolute atomic E-state index is 5.32. The zero-order valence-corrected chi connectivity index (χ0v) is 28.4. The van der Waals surface area contributed by atoms with Crippen LogP contribution in [0.5, 0.6) is 0 Å². The van der Waals surface area contributed by atoms with Gasteiger partial charge in [0.25, 0.3) is 0 Å². The van der Waals surface area contributed by atoms with E-state index in [1.54, 1.807) is 0 Å². The molecule has 0 aliphatic carbocycles. The molecule has 6 rings (SSSR count). The fraction of sp³-hybridized carbons (Fsp3) is 0.178. The molecule has 0 amide bonds. The molecule has 2 unspecified atom stereocenters. The number of hydrogen-bond donors (Lipinski definition) is 1. The minimum Gasteiger partial charge on any atom is -0.353 e. The average molecular weight is 628 g/mol. The van der Waals surface area contributed by atoms with Gasteiger partial charge in [-0.15, -0.1) is 0 Å². The summed E-state index contributed by atoms with van der Waals surface area (Å²) in [6.07, 6.45) is 8.69. The van der Waals surface area contributed by atoms with Crippen molar-refractivity contribution in [1.29, 1.82) is 0 Å². The number of aliphatic imine (C=N–C) groups is 1. The van der Waals surface area contributed by atoms with E-state index in [0.29, 0.717) is 0 Å². The number of para-hydroxylation sites is 2. The summed E-state index contributed by atoms with van der Waals surface area (Å²) < 4.78 is 0. The van der Waals surface area contributed by atoms with Gasteiger partial charge in [-0.05, 0) is 67.5 Å². The Kier molecular flexibility index (Phi) is 9.87. The van der Waals surface area contributed by atoms with Crippen LogP contribution < -0.4 is 10.2 Å². The van der Waals surface area contributed by atoms with Crippen molar-refractivity contribution in [2.75, 3.05) is 17.3 Å². The molecule has 48 heavy (non-hydrogen) atoms. The van der Waals surface area contributed by atoms with Crippen molar-refractivity contribution in [1.82, 2.24) is 0 Å². The van der Waals surface area contributed by atoms with Crippen molar-refractivity contribution in [2.24, 2.45) is 4.99 Å². The van der Waals surface area contributed by atoms with Gasteiger partial charge >= 0.3 is 0 Å². The lowest BCUT2D eigenvalue weighted by atomic mass is 9.78.